The summed E-state index contributed by atoms with van der Waals surface area (Å²) >= 11 is 0. The Bertz CT molecular complexity index is 431. The van der Waals surface area contributed by atoms with Crippen molar-refractivity contribution in [2.75, 3.05) is 32.7 Å². The number of piperazine rings is 1. The van der Waals surface area contributed by atoms with E-state index in [1.165, 1.54) is 12.0 Å². The van der Waals surface area contributed by atoms with E-state index >= 15 is 0 Å². The highest BCUT2D eigenvalue weighted by Crippen LogP contribution is 2.16. The molecular weight excluding hydrogens is 248 g/mol. The molecule has 0 unspecified atom stereocenters. The van der Waals surface area contributed by atoms with Crippen LogP contribution in [0.4, 0.5) is 0 Å². The van der Waals surface area contributed by atoms with E-state index in [1.807, 2.05) is 17.0 Å². The van der Waals surface area contributed by atoms with E-state index in [-0.39, 0.29) is 5.91 Å². The first-order chi connectivity index (χ1) is 9.61. The molecule has 0 bridgehead atoms. The van der Waals surface area contributed by atoms with Gasteiger partial charge in [0.25, 0.3) is 5.91 Å². The Kier molecular flexibility index (Phi) is 5.18. The maximum atomic E-state index is 12.5. The molecule has 20 heavy (non-hydrogen) atoms. The molecule has 1 fully saturated rings. The minimum absolute atomic E-state index is 0.177. The maximum Gasteiger partial charge on any atom is 0.253 e. The van der Waals surface area contributed by atoms with Gasteiger partial charge in [-0.05, 0) is 36.6 Å². The number of benzene rings is 1. The molecule has 0 spiro atoms. The predicted molar refractivity (Wildman–Crippen MR) is 83.2 cm³/mol. The van der Waals surface area contributed by atoms with Crippen molar-refractivity contribution < 1.29 is 4.79 Å². The zero-order chi connectivity index (χ0) is 14.5. The molecule has 0 saturated carbocycles. The van der Waals surface area contributed by atoms with Gasteiger partial charge in [-0.2, -0.15) is 0 Å². The zero-order valence-electron chi connectivity index (χ0n) is 12.9. The molecule has 0 radical (unpaired) electrons. The Labute approximate surface area is 122 Å². The number of rotatable bonds is 4. The van der Waals surface area contributed by atoms with Crippen molar-refractivity contribution in [3.8, 4) is 0 Å². The quantitative estimate of drug-likeness (QED) is 0.842. The third-order valence-electron chi connectivity index (χ3n) is 4.02. The van der Waals surface area contributed by atoms with Crippen molar-refractivity contribution in [1.29, 1.82) is 0 Å². The van der Waals surface area contributed by atoms with Crippen LogP contribution >= 0.6 is 0 Å². The second kappa shape index (κ2) is 6.89. The Morgan fingerprint density at radius 3 is 2.20 bits per heavy atom. The molecule has 110 valence electrons. The van der Waals surface area contributed by atoms with Crippen LogP contribution < -0.4 is 0 Å². The molecule has 1 aromatic carbocycles. The molecule has 0 N–H and O–H groups in total. The van der Waals surface area contributed by atoms with Gasteiger partial charge in [0.05, 0.1) is 0 Å². The monoisotopic (exact) mass is 274 g/mol. The smallest absolute Gasteiger partial charge is 0.253 e. The summed E-state index contributed by atoms with van der Waals surface area (Å²) in [5.74, 6) is 0.688. The van der Waals surface area contributed by atoms with Gasteiger partial charge in [0, 0.05) is 31.7 Å². The lowest BCUT2D eigenvalue weighted by Gasteiger charge is -2.34. The molecule has 1 aliphatic rings. The predicted octanol–water partition coefficient (Wildman–Crippen LogP) is 2.98. The summed E-state index contributed by atoms with van der Waals surface area (Å²) in [6, 6.07) is 8.09. The number of carbonyl (C=O) groups is 1. The van der Waals surface area contributed by atoms with Crippen molar-refractivity contribution in [3.63, 3.8) is 0 Å². The SMILES string of the molecule is CCCN1CCN(C(=O)c2ccc(C(C)C)cc2)CC1. The van der Waals surface area contributed by atoms with Crippen LogP contribution in [0.2, 0.25) is 0 Å². The molecule has 0 aromatic heterocycles. The minimum Gasteiger partial charge on any atom is -0.336 e. The summed E-state index contributed by atoms with van der Waals surface area (Å²) in [5.41, 5.74) is 2.10. The lowest BCUT2D eigenvalue weighted by Crippen LogP contribution is -2.48. The summed E-state index contributed by atoms with van der Waals surface area (Å²) in [7, 11) is 0. The Morgan fingerprint density at radius 2 is 1.70 bits per heavy atom. The topological polar surface area (TPSA) is 23.6 Å². The third-order valence-corrected chi connectivity index (χ3v) is 4.02. The van der Waals surface area contributed by atoms with Gasteiger partial charge >= 0.3 is 0 Å². The number of nitrogens with zero attached hydrogens (tertiary/aromatic N) is 2. The summed E-state index contributed by atoms with van der Waals surface area (Å²) in [6.07, 6.45) is 1.19. The largest absolute Gasteiger partial charge is 0.336 e. The van der Waals surface area contributed by atoms with Crippen LogP contribution in [0.15, 0.2) is 24.3 Å². The average molecular weight is 274 g/mol. The Balaban J connectivity index is 1.95. The fraction of sp³-hybridized carbons (Fsp3) is 0.588. The second-order valence-corrected chi connectivity index (χ2v) is 5.91. The van der Waals surface area contributed by atoms with E-state index < -0.39 is 0 Å². The first kappa shape index (κ1) is 15.0. The molecule has 1 saturated heterocycles. The first-order valence-corrected chi connectivity index (χ1v) is 7.73. The zero-order valence-corrected chi connectivity index (χ0v) is 12.9. The molecule has 1 aliphatic heterocycles. The fourth-order valence-corrected chi connectivity index (χ4v) is 2.68. The van der Waals surface area contributed by atoms with Crippen LogP contribution in [-0.4, -0.2) is 48.4 Å². The number of carbonyl (C=O) groups excluding carboxylic acids is 1. The van der Waals surface area contributed by atoms with Gasteiger partial charge in [0.15, 0.2) is 0 Å². The Morgan fingerprint density at radius 1 is 1.10 bits per heavy atom. The molecule has 3 nitrogen and oxygen atoms in total. The molecule has 1 heterocycles. The third kappa shape index (κ3) is 3.60. The molecular formula is C17H26N2O. The van der Waals surface area contributed by atoms with Crippen molar-refractivity contribution in [2.45, 2.75) is 33.1 Å². The molecule has 1 aromatic rings. The van der Waals surface area contributed by atoms with Gasteiger partial charge in [-0.15, -0.1) is 0 Å². The number of hydrogen-bond donors (Lipinski definition) is 0. The van der Waals surface area contributed by atoms with Gasteiger partial charge in [0.2, 0.25) is 0 Å². The van der Waals surface area contributed by atoms with E-state index in [0.29, 0.717) is 5.92 Å². The standard InChI is InChI=1S/C17H26N2O/c1-4-9-18-10-12-19(13-11-18)17(20)16-7-5-15(6-8-16)14(2)3/h5-8,14H,4,9-13H2,1-3H3. The lowest BCUT2D eigenvalue weighted by atomic mass is 10.0. The Hall–Kier alpha value is -1.35. The van der Waals surface area contributed by atoms with E-state index in [4.69, 9.17) is 0 Å². The molecule has 3 heteroatoms. The summed E-state index contributed by atoms with van der Waals surface area (Å²) in [4.78, 5) is 16.9. The highest BCUT2D eigenvalue weighted by molar-refractivity contribution is 5.94. The average Bonchev–Trinajstić information content (AvgIpc) is 2.48. The van der Waals surface area contributed by atoms with E-state index in [0.717, 1.165) is 38.3 Å². The molecule has 2 rings (SSSR count). The maximum absolute atomic E-state index is 12.5. The van der Waals surface area contributed by atoms with E-state index in [9.17, 15) is 4.79 Å². The van der Waals surface area contributed by atoms with Crippen LogP contribution in [-0.2, 0) is 0 Å². The molecule has 1 amide bonds. The van der Waals surface area contributed by atoms with Crippen LogP contribution in [0.1, 0.15) is 49.0 Å². The van der Waals surface area contributed by atoms with Crippen molar-refractivity contribution in [1.82, 2.24) is 9.80 Å². The van der Waals surface area contributed by atoms with Crippen LogP contribution in [0.25, 0.3) is 0 Å². The van der Waals surface area contributed by atoms with Crippen molar-refractivity contribution >= 4 is 5.91 Å². The van der Waals surface area contributed by atoms with E-state index in [2.05, 4.69) is 37.8 Å². The highest BCUT2D eigenvalue weighted by atomic mass is 16.2. The van der Waals surface area contributed by atoms with Gasteiger partial charge in [-0.3, -0.25) is 9.69 Å². The van der Waals surface area contributed by atoms with Gasteiger partial charge < -0.3 is 4.90 Å². The van der Waals surface area contributed by atoms with Gasteiger partial charge in [-0.25, -0.2) is 0 Å². The summed E-state index contributed by atoms with van der Waals surface area (Å²) in [6.45, 7) is 11.4. The van der Waals surface area contributed by atoms with E-state index in [1.54, 1.807) is 0 Å². The van der Waals surface area contributed by atoms with Crippen LogP contribution in [0.3, 0.4) is 0 Å². The van der Waals surface area contributed by atoms with Crippen LogP contribution in [0, 0.1) is 0 Å². The lowest BCUT2D eigenvalue weighted by molar-refractivity contribution is 0.0637. The van der Waals surface area contributed by atoms with Crippen LogP contribution in [0.5, 0.6) is 0 Å². The fourth-order valence-electron chi connectivity index (χ4n) is 2.68. The molecule has 0 atom stereocenters. The summed E-state index contributed by atoms with van der Waals surface area (Å²) in [5, 5.41) is 0. The second-order valence-electron chi connectivity index (χ2n) is 5.91. The van der Waals surface area contributed by atoms with Crippen molar-refractivity contribution in [2.24, 2.45) is 0 Å². The molecule has 0 aliphatic carbocycles. The first-order valence-electron chi connectivity index (χ1n) is 7.73. The normalized spacial score (nSPS) is 16.7. The summed E-state index contributed by atoms with van der Waals surface area (Å²) < 4.78 is 0. The number of hydrogen-bond acceptors (Lipinski definition) is 2. The van der Waals surface area contributed by atoms with Gasteiger partial charge in [0.1, 0.15) is 0 Å². The van der Waals surface area contributed by atoms with Gasteiger partial charge in [-0.1, -0.05) is 32.9 Å². The minimum atomic E-state index is 0.177. The highest BCUT2D eigenvalue weighted by Gasteiger charge is 2.21. The van der Waals surface area contributed by atoms with Crippen molar-refractivity contribution in [3.05, 3.63) is 35.4 Å². The number of amides is 1.